The van der Waals surface area contributed by atoms with E-state index in [2.05, 4.69) is 9.98 Å². The monoisotopic (exact) mass is 380 g/mol. The number of likely N-dealkylation sites (N-methyl/N-ethyl adjacent to an activating group) is 1. The summed E-state index contributed by atoms with van der Waals surface area (Å²) in [5.74, 6) is 1.33. The highest BCUT2D eigenvalue weighted by atomic mass is 32.1. The number of halogens is 1. The van der Waals surface area contributed by atoms with Crippen LogP contribution in [0.2, 0.25) is 0 Å². The number of rotatable bonds is 5. The molecule has 0 fully saturated rings. The Labute approximate surface area is 164 Å². The lowest BCUT2D eigenvalue weighted by Crippen LogP contribution is -2.29. The number of nitrogens with zero attached hydrogens (tertiary/aromatic N) is 4. The molecule has 2 heterocycles. The van der Waals surface area contributed by atoms with Crippen molar-refractivity contribution in [2.45, 2.75) is 6.92 Å². The van der Waals surface area contributed by atoms with Crippen LogP contribution in [0.25, 0.3) is 12.2 Å². The molecule has 0 saturated carbocycles. The van der Waals surface area contributed by atoms with Gasteiger partial charge in [-0.3, -0.25) is 0 Å². The third-order valence-electron chi connectivity index (χ3n) is 4.14. The average Bonchev–Trinajstić information content (AvgIpc) is 2.96. The highest BCUT2D eigenvalue weighted by Gasteiger charge is 2.23. The predicted molar refractivity (Wildman–Crippen MR) is 114 cm³/mol. The van der Waals surface area contributed by atoms with Crippen molar-refractivity contribution >= 4 is 41.0 Å². The lowest BCUT2D eigenvalue weighted by atomic mass is 10.2. The van der Waals surface area contributed by atoms with Crippen molar-refractivity contribution in [3.05, 3.63) is 71.3 Å². The Morgan fingerprint density at radius 1 is 1.15 bits per heavy atom. The number of hydrogen-bond donors (Lipinski definition) is 0. The fourth-order valence-corrected chi connectivity index (χ4v) is 3.01. The van der Waals surface area contributed by atoms with Gasteiger partial charge in [0.2, 0.25) is 0 Å². The Hall–Kier alpha value is -2.86. The van der Waals surface area contributed by atoms with Crippen LogP contribution in [0, 0.1) is 5.82 Å². The SMILES string of the molecule is CCN1C(=S)/C(=C/c2ccc(N(C)C)nc2)N=C1/C=C/c1ccccc1F. The van der Waals surface area contributed by atoms with Gasteiger partial charge in [0.1, 0.15) is 28.2 Å². The van der Waals surface area contributed by atoms with Crippen LogP contribution in [-0.2, 0) is 0 Å². The van der Waals surface area contributed by atoms with Crippen LogP contribution in [0.3, 0.4) is 0 Å². The van der Waals surface area contributed by atoms with E-state index in [1.807, 2.05) is 49.0 Å². The standard InChI is InChI=1S/C21H21FN4S/c1-4-26-20(12-10-16-7-5-6-8-17(16)22)24-18(21(26)27)13-15-9-11-19(23-14-15)25(2)3/h5-14H,4H2,1-3H3/b12-10+,18-13-. The molecule has 4 nitrogen and oxygen atoms in total. The Balaban J connectivity index is 1.88. The molecule has 138 valence electrons. The minimum Gasteiger partial charge on any atom is -0.363 e. The summed E-state index contributed by atoms with van der Waals surface area (Å²) < 4.78 is 13.8. The quantitative estimate of drug-likeness (QED) is 0.568. The molecule has 1 aromatic heterocycles. The van der Waals surface area contributed by atoms with Gasteiger partial charge in [0.15, 0.2) is 0 Å². The van der Waals surface area contributed by atoms with E-state index in [9.17, 15) is 4.39 Å². The summed E-state index contributed by atoms with van der Waals surface area (Å²) in [5, 5.41) is 0. The van der Waals surface area contributed by atoms with E-state index in [1.54, 1.807) is 36.5 Å². The minimum absolute atomic E-state index is 0.263. The Kier molecular flexibility index (Phi) is 5.76. The lowest BCUT2D eigenvalue weighted by molar-refractivity contribution is 0.625. The molecular formula is C21H21FN4S. The van der Waals surface area contributed by atoms with Gasteiger partial charge in [-0.25, -0.2) is 14.4 Å². The zero-order valence-corrected chi connectivity index (χ0v) is 16.4. The van der Waals surface area contributed by atoms with Gasteiger partial charge in [-0.15, -0.1) is 0 Å². The molecule has 0 aliphatic carbocycles. The van der Waals surface area contributed by atoms with E-state index in [0.29, 0.717) is 28.6 Å². The second-order valence-electron chi connectivity index (χ2n) is 6.25. The maximum atomic E-state index is 13.8. The first-order valence-electron chi connectivity index (χ1n) is 8.68. The van der Waals surface area contributed by atoms with E-state index in [-0.39, 0.29) is 5.82 Å². The zero-order valence-electron chi connectivity index (χ0n) is 15.6. The maximum Gasteiger partial charge on any atom is 0.134 e. The number of anilines is 1. The molecule has 1 aliphatic rings. The largest absolute Gasteiger partial charge is 0.363 e. The van der Waals surface area contributed by atoms with Crippen LogP contribution in [0.15, 0.2) is 59.4 Å². The van der Waals surface area contributed by atoms with Crippen LogP contribution in [0.4, 0.5) is 10.2 Å². The Bertz CT molecular complexity index is 929. The van der Waals surface area contributed by atoms with Crippen molar-refractivity contribution in [1.29, 1.82) is 0 Å². The molecule has 6 heteroatoms. The van der Waals surface area contributed by atoms with Crippen molar-refractivity contribution in [3.63, 3.8) is 0 Å². The van der Waals surface area contributed by atoms with E-state index in [4.69, 9.17) is 12.2 Å². The van der Waals surface area contributed by atoms with Gasteiger partial charge >= 0.3 is 0 Å². The van der Waals surface area contributed by atoms with E-state index in [1.165, 1.54) is 6.07 Å². The molecular weight excluding hydrogens is 359 g/mol. The lowest BCUT2D eigenvalue weighted by Gasteiger charge is -2.15. The molecule has 0 unspecified atom stereocenters. The molecule has 1 aliphatic heterocycles. The average molecular weight is 380 g/mol. The van der Waals surface area contributed by atoms with Crippen LogP contribution >= 0.6 is 12.2 Å². The summed E-state index contributed by atoms with van der Waals surface area (Å²) in [5.41, 5.74) is 2.15. The number of pyridine rings is 1. The van der Waals surface area contributed by atoms with Gasteiger partial charge < -0.3 is 9.80 Å². The van der Waals surface area contributed by atoms with Gasteiger partial charge in [0.05, 0.1) is 0 Å². The third kappa shape index (κ3) is 4.28. The summed E-state index contributed by atoms with van der Waals surface area (Å²) in [6.07, 6.45) is 7.23. The first-order chi connectivity index (χ1) is 13.0. The molecule has 3 rings (SSSR count). The van der Waals surface area contributed by atoms with Crippen molar-refractivity contribution in [2.24, 2.45) is 4.99 Å². The van der Waals surface area contributed by atoms with Gasteiger partial charge in [0.25, 0.3) is 0 Å². The molecule has 0 N–H and O–H groups in total. The highest BCUT2D eigenvalue weighted by Crippen LogP contribution is 2.21. The number of thiocarbonyl (C=S) groups is 1. The zero-order chi connectivity index (χ0) is 19.4. The van der Waals surface area contributed by atoms with E-state index >= 15 is 0 Å². The van der Waals surface area contributed by atoms with Gasteiger partial charge in [-0.2, -0.15) is 0 Å². The van der Waals surface area contributed by atoms with Gasteiger partial charge in [-0.05, 0) is 48.9 Å². The molecule has 0 saturated heterocycles. The topological polar surface area (TPSA) is 31.7 Å². The second-order valence-corrected chi connectivity index (χ2v) is 6.63. The summed E-state index contributed by atoms with van der Waals surface area (Å²) in [6, 6.07) is 10.6. The molecule has 1 aromatic carbocycles. The van der Waals surface area contributed by atoms with Crippen molar-refractivity contribution < 1.29 is 4.39 Å². The number of amidine groups is 1. The van der Waals surface area contributed by atoms with Gasteiger partial charge in [-0.1, -0.05) is 30.4 Å². The Morgan fingerprint density at radius 2 is 1.93 bits per heavy atom. The number of hydrogen-bond acceptors (Lipinski definition) is 4. The summed E-state index contributed by atoms with van der Waals surface area (Å²) in [6.45, 7) is 2.70. The molecule has 0 amide bonds. The third-order valence-corrected chi connectivity index (χ3v) is 4.57. The van der Waals surface area contributed by atoms with E-state index in [0.717, 1.165) is 11.4 Å². The normalized spacial score (nSPS) is 15.7. The van der Waals surface area contributed by atoms with Crippen molar-refractivity contribution in [2.75, 3.05) is 25.5 Å². The maximum absolute atomic E-state index is 13.8. The first kappa shape index (κ1) is 18.9. The molecule has 0 bridgehead atoms. The molecule has 0 spiro atoms. The molecule has 0 atom stereocenters. The summed E-state index contributed by atoms with van der Waals surface area (Å²) in [7, 11) is 3.90. The molecule has 2 aromatic rings. The van der Waals surface area contributed by atoms with Crippen LogP contribution in [0.1, 0.15) is 18.1 Å². The van der Waals surface area contributed by atoms with E-state index < -0.39 is 0 Å². The van der Waals surface area contributed by atoms with Crippen LogP contribution in [0.5, 0.6) is 0 Å². The van der Waals surface area contributed by atoms with Gasteiger partial charge in [0, 0.05) is 32.4 Å². The van der Waals surface area contributed by atoms with Crippen LogP contribution in [-0.4, -0.2) is 41.3 Å². The fourth-order valence-electron chi connectivity index (χ4n) is 2.68. The number of aliphatic imine (C=N–C) groups is 1. The second kappa shape index (κ2) is 8.22. The molecule has 0 radical (unpaired) electrons. The predicted octanol–water partition coefficient (Wildman–Crippen LogP) is 4.40. The summed E-state index contributed by atoms with van der Waals surface area (Å²) >= 11 is 5.57. The van der Waals surface area contributed by atoms with Crippen molar-refractivity contribution in [1.82, 2.24) is 9.88 Å². The number of benzene rings is 1. The summed E-state index contributed by atoms with van der Waals surface area (Å²) in [4.78, 5) is 13.6. The Morgan fingerprint density at radius 3 is 2.56 bits per heavy atom. The van der Waals surface area contributed by atoms with Crippen LogP contribution < -0.4 is 4.90 Å². The number of aromatic nitrogens is 1. The smallest absolute Gasteiger partial charge is 0.134 e. The molecule has 27 heavy (non-hydrogen) atoms. The van der Waals surface area contributed by atoms with Crippen molar-refractivity contribution in [3.8, 4) is 0 Å². The first-order valence-corrected chi connectivity index (χ1v) is 9.08. The highest BCUT2D eigenvalue weighted by molar-refractivity contribution is 7.80. The minimum atomic E-state index is -0.263. The fraction of sp³-hybridized carbons (Fsp3) is 0.190.